The molecule has 1 aliphatic heterocycles. The van der Waals surface area contributed by atoms with Crippen LogP contribution in [0.15, 0.2) is 6.07 Å². The number of rotatable bonds is 3. The zero-order valence-electron chi connectivity index (χ0n) is 9.69. The largest absolute Gasteiger partial charge is 0.480 e. The van der Waals surface area contributed by atoms with Crippen LogP contribution >= 0.6 is 11.3 Å². The van der Waals surface area contributed by atoms with Gasteiger partial charge in [0, 0.05) is 9.75 Å². The normalized spacial score (nSPS) is 18.9. The first-order valence-corrected chi connectivity index (χ1v) is 6.45. The smallest absolute Gasteiger partial charge is 0.325 e. The second-order valence-electron chi connectivity index (χ2n) is 4.35. The number of hydrogen-bond donors (Lipinski definition) is 1. The van der Waals surface area contributed by atoms with E-state index >= 15 is 0 Å². The van der Waals surface area contributed by atoms with Gasteiger partial charge in [-0.3, -0.25) is 9.69 Å². The van der Waals surface area contributed by atoms with E-state index in [-0.39, 0.29) is 0 Å². The van der Waals surface area contributed by atoms with Crippen LogP contribution in [0, 0.1) is 13.8 Å². The van der Waals surface area contributed by atoms with Crippen LogP contribution in [0.1, 0.15) is 34.2 Å². The van der Waals surface area contributed by atoms with E-state index in [1.54, 1.807) is 11.3 Å². The van der Waals surface area contributed by atoms with Crippen LogP contribution in [-0.4, -0.2) is 29.1 Å². The SMILES string of the molecule is Cc1cc(C(C(=O)O)N2CCCC2)c(C)s1. The molecule has 2 heterocycles. The molecular weight excluding hydrogens is 222 g/mol. The van der Waals surface area contributed by atoms with Crippen molar-refractivity contribution in [2.24, 2.45) is 0 Å². The van der Waals surface area contributed by atoms with E-state index in [9.17, 15) is 9.90 Å². The van der Waals surface area contributed by atoms with Crippen molar-refractivity contribution in [2.45, 2.75) is 32.7 Å². The molecule has 0 saturated carbocycles. The maximum atomic E-state index is 11.4. The van der Waals surface area contributed by atoms with Gasteiger partial charge < -0.3 is 5.11 Å². The fraction of sp³-hybridized carbons (Fsp3) is 0.583. The lowest BCUT2D eigenvalue weighted by Gasteiger charge is -2.23. The number of aliphatic carboxylic acids is 1. The molecule has 1 saturated heterocycles. The zero-order chi connectivity index (χ0) is 11.7. The predicted octanol–water partition coefficient (Wildman–Crippen LogP) is 2.59. The van der Waals surface area contributed by atoms with Gasteiger partial charge in [0.15, 0.2) is 0 Å². The molecule has 1 atom stereocenters. The fourth-order valence-corrected chi connectivity index (χ4v) is 3.36. The van der Waals surface area contributed by atoms with E-state index in [1.165, 1.54) is 4.88 Å². The molecule has 0 aliphatic carbocycles. The van der Waals surface area contributed by atoms with Crippen LogP contribution < -0.4 is 0 Å². The van der Waals surface area contributed by atoms with E-state index in [1.807, 2.05) is 19.9 Å². The van der Waals surface area contributed by atoms with Crippen molar-refractivity contribution >= 4 is 17.3 Å². The Kier molecular flexibility index (Phi) is 3.30. The molecule has 16 heavy (non-hydrogen) atoms. The Morgan fingerprint density at radius 3 is 2.50 bits per heavy atom. The lowest BCUT2D eigenvalue weighted by molar-refractivity contribution is -0.143. The highest BCUT2D eigenvalue weighted by atomic mass is 32.1. The van der Waals surface area contributed by atoms with Gasteiger partial charge in [-0.25, -0.2) is 0 Å². The van der Waals surface area contributed by atoms with Crippen molar-refractivity contribution in [1.29, 1.82) is 0 Å². The van der Waals surface area contributed by atoms with Crippen molar-refractivity contribution < 1.29 is 9.90 Å². The lowest BCUT2D eigenvalue weighted by atomic mass is 10.1. The molecule has 0 bridgehead atoms. The summed E-state index contributed by atoms with van der Waals surface area (Å²) in [5, 5.41) is 9.38. The Morgan fingerprint density at radius 1 is 1.44 bits per heavy atom. The summed E-state index contributed by atoms with van der Waals surface area (Å²) in [5.41, 5.74) is 0.983. The first kappa shape index (κ1) is 11.6. The Balaban J connectivity index is 2.31. The Morgan fingerprint density at radius 2 is 2.06 bits per heavy atom. The molecule has 1 N–H and O–H groups in total. The van der Waals surface area contributed by atoms with E-state index in [0.29, 0.717) is 0 Å². The lowest BCUT2D eigenvalue weighted by Crippen LogP contribution is -2.31. The summed E-state index contributed by atoms with van der Waals surface area (Å²) in [5.74, 6) is -0.720. The number of hydrogen-bond acceptors (Lipinski definition) is 3. The topological polar surface area (TPSA) is 40.5 Å². The summed E-state index contributed by atoms with van der Waals surface area (Å²) in [6, 6.07) is 1.59. The molecule has 0 radical (unpaired) electrons. The van der Waals surface area contributed by atoms with Crippen LogP contribution in [-0.2, 0) is 4.79 Å². The highest BCUT2D eigenvalue weighted by Crippen LogP contribution is 2.32. The first-order valence-electron chi connectivity index (χ1n) is 5.63. The quantitative estimate of drug-likeness (QED) is 0.881. The van der Waals surface area contributed by atoms with Crippen LogP contribution in [0.4, 0.5) is 0 Å². The molecular formula is C12H17NO2S. The van der Waals surface area contributed by atoms with Crippen molar-refractivity contribution in [3.63, 3.8) is 0 Å². The second kappa shape index (κ2) is 4.55. The molecule has 4 heteroatoms. The number of carbonyl (C=O) groups is 1. The first-order chi connectivity index (χ1) is 7.59. The number of aryl methyl sites for hydroxylation is 2. The number of carboxylic acids is 1. The molecule has 1 aromatic heterocycles. The third-order valence-electron chi connectivity index (χ3n) is 3.11. The molecule has 3 nitrogen and oxygen atoms in total. The van der Waals surface area contributed by atoms with Gasteiger partial charge in [0.1, 0.15) is 6.04 Å². The molecule has 1 aliphatic rings. The molecule has 1 unspecified atom stereocenters. The van der Waals surface area contributed by atoms with Gasteiger partial charge in [0.2, 0.25) is 0 Å². The van der Waals surface area contributed by atoms with E-state index in [4.69, 9.17) is 0 Å². The van der Waals surface area contributed by atoms with Gasteiger partial charge in [-0.2, -0.15) is 0 Å². The summed E-state index contributed by atoms with van der Waals surface area (Å²) in [6.07, 6.45) is 2.23. The number of carboxylic acid groups (broad SMARTS) is 1. The summed E-state index contributed by atoms with van der Waals surface area (Å²) in [4.78, 5) is 15.8. The Hall–Kier alpha value is -0.870. The van der Waals surface area contributed by atoms with Gasteiger partial charge in [-0.15, -0.1) is 11.3 Å². The fourth-order valence-electron chi connectivity index (χ4n) is 2.41. The highest BCUT2D eigenvalue weighted by Gasteiger charge is 2.31. The summed E-state index contributed by atoms with van der Waals surface area (Å²) in [6.45, 7) is 5.86. The van der Waals surface area contributed by atoms with Crippen molar-refractivity contribution in [1.82, 2.24) is 4.90 Å². The van der Waals surface area contributed by atoms with Crippen molar-refractivity contribution in [3.8, 4) is 0 Å². The van der Waals surface area contributed by atoms with E-state index in [2.05, 4.69) is 4.90 Å². The average molecular weight is 239 g/mol. The monoisotopic (exact) mass is 239 g/mol. The van der Waals surface area contributed by atoms with Crippen LogP contribution in [0.5, 0.6) is 0 Å². The van der Waals surface area contributed by atoms with Crippen LogP contribution in [0.2, 0.25) is 0 Å². The average Bonchev–Trinajstić information content (AvgIpc) is 2.78. The number of likely N-dealkylation sites (tertiary alicyclic amines) is 1. The number of thiophene rings is 1. The number of nitrogens with zero attached hydrogens (tertiary/aromatic N) is 1. The Bertz CT molecular complexity index is 394. The Labute approximate surface area is 99.7 Å². The van der Waals surface area contributed by atoms with Crippen LogP contribution in [0.25, 0.3) is 0 Å². The maximum absolute atomic E-state index is 11.4. The summed E-state index contributed by atoms with van der Waals surface area (Å²) < 4.78 is 0. The summed E-state index contributed by atoms with van der Waals surface area (Å²) in [7, 11) is 0. The van der Waals surface area contributed by atoms with Crippen LogP contribution in [0.3, 0.4) is 0 Å². The molecule has 0 amide bonds. The van der Waals surface area contributed by atoms with Crippen molar-refractivity contribution in [2.75, 3.05) is 13.1 Å². The standard InChI is InChI=1S/C12H17NO2S/c1-8-7-10(9(2)16-8)11(12(14)15)13-5-3-4-6-13/h7,11H,3-6H2,1-2H3,(H,14,15). The zero-order valence-corrected chi connectivity index (χ0v) is 10.5. The van der Waals surface area contributed by atoms with Gasteiger partial charge in [-0.1, -0.05) is 0 Å². The minimum atomic E-state index is -0.720. The minimum absolute atomic E-state index is 0.438. The van der Waals surface area contributed by atoms with E-state index in [0.717, 1.165) is 36.4 Å². The minimum Gasteiger partial charge on any atom is -0.480 e. The van der Waals surface area contributed by atoms with Gasteiger partial charge >= 0.3 is 5.97 Å². The molecule has 0 spiro atoms. The van der Waals surface area contributed by atoms with Crippen molar-refractivity contribution in [3.05, 3.63) is 21.4 Å². The molecule has 1 fully saturated rings. The summed E-state index contributed by atoms with van der Waals surface area (Å²) >= 11 is 1.68. The third-order valence-corrected chi connectivity index (χ3v) is 4.10. The predicted molar refractivity (Wildman–Crippen MR) is 65.0 cm³/mol. The highest BCUT2D eigenvalue weighted by molar-refractivity contribution is 7.12. The van der Waals surface area contributed by atoms with Gasteiger partial charge in [0.05, 0.1) is 0 Å². The molecule has 1 aromatic rings. The molecule has 88 valence electrons. The second-order valence-corrected chi connectivity index (χ2v) is 5.81. The molecule has 0 aromatic carbocycles. The van der Waals surface area contributed by atoms with Gasteiger partial charge in [-0.05, 0) is 51.4 Å². The maximum Gasteiger partial charge on any atom is 0.325 e. The van der Waals surface area contributed by atoms with Gasteiger partial charge in [0.25, 0.3) is 0 Å². The molecule has 2 rings (SSSR count). The van der Waals surface area contributed by atoms with E-state index < -0.39 is 12.0 Å². The third kappa shape index (κ3) is 2.13.